The Morgan fingerprint density at radius 1 is 1.27 bits per heavy atom. The smallest absolute Gasteiger partial charge is 0.351 e. The van der Waals surface area contributed by atoms with Crippen molar-refractivity contribution in [2.24, 2.45) is 0 Å². The number of hydrogen-bond acceptors (Lipinski definition) is 4. The minimum atomic E-state index is -0.905. The molecule has 5 heteroatoms. The number of rotatable bonds is 3. The van der Waals surface area contributed by atoms with E-state index in [1.54, 1.807) is 42.6 Å². The summed E-state index contributed by atoms with van der Waals surface area (Å²) in [5.74, 6) is 0.560. The van der Waals surface area contributed by atoms with Crippen molar-refractivity contribution in [3.8, 4) is 18.6 Å². The lowest BCUT2D eigenvalue weighted by Gasteiger charge is -2.21. The number of ether oxygens (including phenoxy) is 1. The van der Waals surface area contributed by atoms with E-state index in [2.05, 4.69) is 17.8 Å². The fourth-order valence-electron chi connectivity index (χ4n) is 2.04. The van der Waals surface area contributed by atoms with Gasteiger partial charge in [-0.05, 0) is 37.5 Å². The van der Waals surface area contributed by atoms with Crippen LogP contribution in [0.1, 0.15) is 19.3 Å². The number of pyridine rings is 1. The SMILES string of the molecule is C#C.CN1C/C(Oc2ccncc2)=C\CCC/C=C\1C(=O)O. The molecule has 0 unspecified atom stereocenters. The van der Waals surface area contributed by atoms with E-state index >= 15 is 0 Å². The number of hydrogen-bond donors (Lipinski definition) is 1. The molecule has 1 aliphatic rings. The summed E-state index contributed by atoms with van der Waals surface area (Å²) in [4.78, 5) is 16.9. The second kappa shape index (κ2) is 9.24. The van der Waals surface area contributed by atoms with Crippen LogP contribution >= 0.6 is 0 Å². The fourth-order valence-corrected chi connectivity index (χ4v) is 2.04. The van der Waals surface area contributed by atoms with Gasteiger partial charge in [0.15, 0.2) is 0 Å². The zero-order valence-electron chi connectivity index (χ0n) is 12.6. The summed E-state index contributed by atoms with van der Waals surface area (Å²) in [6, 6.07) is 3.56. The summed E-state index contributed by atoms with van der Waals surface area (Å²) >= 11 is 0. The van der Waals surface area contributed by atoms with Crippen LogP contribution in [0.5, 0.6) is 5.75 Å². The molecule has 1 aromatic heterocycles. The third kappa shape index (κ3) is 5.33. The first-order valence-electron chi connectivity index (χ1n) is 6.91. The molecule has 0 aliphatic carbocycles. The van der Waals surface area contributed by atoms with Crippen molar-refractivity contribution < 1.29 is 14.6 Å². The normalized spacial score (nSPS) is 19.7. The van der Waals surface area contributed by atoms with Crippen LogP contribution in [-0.4, -0.2) is 34.6 Å². The van der Waals surface area contributed by atoms with E-state index in [9.17, 15) is 9.90 Å². The van der Waals surface area contributed by atoms with Gasteiger partial charge in [-0.2, -0.15) is 0 Å². The highest BCUT2D eigenvalue weighted by molar-refractivity contribution is 5.85. The number of terminal acetylenes is 1. The van der Waals surface area contributed by atoms with Gasteiger partial charge in [0.05, 0.1) is 6.54 Å². The molecule has 22 heavy (non-hydrogen) atoms. The number of carbonyl (C=O) groups is 1. The van der Waals surface area contributed by atoms with E-state index in [0.29, 0.717) is 18.0 Å². The Bertz CT molecular complexity index is 562. The summed E-state index contributed by atoms with van der Waals surface area (Å²) in [6.07, 6.45) is 17.7. The van der Waals surface area contributed by atoms with E-state index in [-0.39, 0.29) is 0 Å². The third-order valence-corrected chi connectivity index (χ3v) is 3.04. The van der Waals surface area contributed by atoms with Gasteiger partial charge in [-0.15, -0.1) is 12.8 Å². The highest BCUT2D eigenvalue weighted by atomic mass is 16.5. The minimum Gasteiger partial charge on any atom is -0.477 e. The summed E-state index contributed by atoms with van der Waals surface area (Å²) in [6.45, 7) is 0.431. The van der Waals surface area contributed by atoms with Crippen molar-refractivity contribution in [3.05, 3.63) is 48.1 Å². The van der Waals surface area contributed by atoms with Crippen molar-refractivity contribution in [1.29, 1.82) is 0 Å². The zero-order valence-corrected chi connectivity index (χ0v) is 12.6. The molecule has 5 nitrogen and oxygen atoms in total. The number of aromatic nitrogens is 1. The van der Waals surface area contributed by atoms with Crippen LogP contribution in [0.3, 0.4) is 0 Å². The highest BCUT2D eigenvalue weighted by Crippen LogP contribution is 2.17. The van der Waals surface area contributed by atoms with Gasteiger partial charge >= 0.3 is 5.97 Å². The van der Waals surface area contributed by atoms with E-state index in [1.807, 2.05) is 6.08 Å². The highest BCUT2D eigenvalue weighted by Gasteiger charge is 2.16. The van der Waals surface area contributed by atoms with Crippen molar-refractivity contribution >= 4 is 5.97 Å². The van der Waals surface area contributed by atoms with Crippen molar-refractivity contribution in [2.75, 3.05) is 13.6 Å². The summed E-state index contributed by atoms with van der Waals surface area (Å²) in [5.41, 5.74) is 0.316. The Balaban J connectivity index is 0.00000116. The number of aliphatic carboxylic acids is 1. The van der Waals surface area contributed by atoms with Crippen molar-refractivity contribution in [1.82, 2.24) is 9.88 Å². The quantitative estimate of drug-likeness (QED) is 0.870. The lowest BCUT2D eigenvalue weighted by atomic mass is 10.2. The molecule has 0 radical (unpaired) electrons. The van der Waals surface area contributed by atoms with Gasteiger partial charge in [-0.3, -0.25) is 4.98 Å². The average molecular weight is 300 g/mol. The minimum absolute atomic E-state index is 0.316. The van der Waals surface area contributed by atoms with Gasteiger partial charge in [0.1, 0.15) is 17.2 Å². The lowest BCUT2D eigenvalue weighted by Crippen LogP contribution is -2.26. The molecule has 2 rings (SSSR count). The number of carboxylic acid groups (broad SMARTS) is 1. The molecular formula is C17H20N2O3. The summed E-state index contributed by atoms with van der Waals surface area (Å²) in [5, 5.41) is 9.21. The number of nitrogens with zero attached hydrogens (tertiary/aromatic N) is 2. The molecule has 0 aromatic carbocycles. The molecule has 0 saturated heterocycles. The van der Waals surface area contributed by atoms with Gasteiger partial charge in [0.2, 0.25) is 0 Å². The molecule has 0 fully saturated rings. The molecule has 0 bridgehead atoms. The molecule has 1 N–H and O–H groups in total. The molecule has 1 aromatic rings. The van der Waals surface area contributed by atoms with Crippen LogP contribution < -0.4 is 4.74 Å². The average Bonchev–Trinajstić information content (AvgIpc) is 2.61. The van der Waals surface area contributed by atoms with Gasteiger partial charge < -0.3 is 14.7 Å². The Morgan fingerprint density at radius 3 is 2.55 bits per heavy atom. The van der Waals surface area contributed by atoms with Crippen LogP contribution in [0.4, 0.5) is 0 Å². The van der Waals surface area contributed by atoms with Gasteiger partial charge in [0.25, 0.3) is 0 Å². The molecule has 2 heterocycles. The van der Waals surface area contributed by atoms with E-state index < -0.39 is 5.97 Å². The van der Waals surface area contributed by atoms with E-state index in [0.717, 1.165) is 25.0 Å². The standard InChI is InChI=1S/C15H18N2O3.C2H2/c1-17-11-13(20-12-7-9-16-10-8-12)5-3-2-4-6-14(17)15(18)19;1-2/h5-10H,2-4,11H2,1H3,(H,18,19);1-2H/b13-5+,14-6-;. The number of carboxylic acids is 1. The zero-order chi connectivity index (χ0) is 16.4. The lowest BCUT2D eigenvalue weighted by molar-refractivity contribution is -0.134. The monoisotopic (exact) mass is 300 g/mol. The van der Waals surface area contributed by atoms with Crippen molar-refractivity contribution in [2.45, 2.75) is 19.3 Å². The third-order valence-electron chi connectivity index (χ3n) is 3.04. The first kappa shape index (κ1) is 17.3. The van der Waals surface area contributed by atoms with Crippen LogP contribution in [0.2, 0.25) is 0 Å². The maximum atomic E-state index is 11.2. The van der Waals surface area contributed by atoms with Crippen LogP contribution in [-0.2, 0) is 4.79 Å². The van der Waals surface area contributed by atoms with E-state index in [1.165, 1.54) is 0 Å². The predicted octanol–water partition coefficient (Wildman–Crippen LogP) is 2.68. The molecule has 0 amide bonds. The first-order valence-corrected chi connectivity index (χ1v) is 6.91. The summed E-state index contributed by atoms with van der Waals surface area (Å²) < 4.78 is 5.80. The maximum Gasteiger partial charge on any atom is 0.351 e. The van der Waals surface area contributed by atoms with Crippen LogP contribution in [0, 0.1) is 12.8 Å². The second-order valence-electron chi connectivity index (χ2n) is 4.64. The van der Waals surface area contributed by atoms with Gasteiger partial charge in [0, 0.05) is 19.4 Å². The predicted molar refractivity (Wildman–Crippen MR) is 85.0 cm³/mol. The topological polar surface area (TPSA) is 62.7 Å². The van der Waals surface area contributed by atoms with E-state index in [4.69, 9.17) is 4.74 Å². The first-order chi connectivity index (χ1) is 10.7. The number of likely N-dealkylation sites (N-methyl/N-ethyl adjacent to an activating group) is 1. The fraction of sp³-hybridized carbons (Fsp3) is 0.294. The molecule has 116 valence electrons. The Hall–Kier alpha value is -2.74. The second-order valence-corrected chi connectivity index (χ2v) is 4.64. The number of allylic oxidation sites excluding steroid dienone is 2. The van der Waals surface area contributed by atoms with Crippen LogP contribution in [0.15, 0.2) is 48.1 Å². The Labute approximate surface area is 130 Å². The maximum absolute atomic E-state index is 11.2. The van der Waals surface area contributed by atoms with Crippen molar-refractivity contribution in [3.63, 3.8) is 0 Å². The Kier molecular flexibility index (Phi) is 7.27. The Morgan fingerprint density at radius 2 is 1.91 bits per heavy atom. The molecule has 1 aliphatic heterocycles. The largest absolute Gasteiger partial charge is 0.477 e. The molecule has 0 atom stereocenters. The molecule has 0 saturated carbocycles. The van der Waals surface area contributed by atoms with Gasteiger partial charge in [-0.25, -0.2) is 4.79 Å². The molecule has 0 spiro atoms. The van der Waals surface area contributed by atoms with Crippen LogP contribution in [0.25, 0.3) is 0 Å². The van der Waals surface area contributed by atoms with Gasteiger partial charge in [-0.1, -0.05) is 6.08 Å². The molecular weight excluding hydrogens is 280 g/mol. The summed E-state index contributed by atoms with van der Waals surface area (Å²) in [7, 11) is 1.76.